The SMILES string of the molecule is CC1CCOC(C)(c2ccc([S+](c3ccc(OC(C)C(F)(F)S(=O)(=O)O)cc3)c3ccc(C(C)(C)C)cc3)cc2)OC(C)C1. The Morgan fingerprint density at radius 1 is 0.932 bits per heavy atom. The van der Waals surface area contributed by atoms with Gasteiger partial charge in [-0.2, -0.15) is 17.2 Å². The number of ether oxygens (including phenoxy) is 3. The average molecular weight is 650 g/mol. The number of alkyl halides is 2. The second-order valence-electron chi connectivity index (χ2n) is 12.7. The molecule has 1 saturated heterocycles. The summed E-state index contributed by atoms with van der Waals surface area (Å²) in [4.78, 5) is 3.02. The van der Waals surface area contributed by atoms with Crippen molar-refractivity contribution in [3.63, 3.8) is 0 Å². The van der Waals surface area contributed by atoms with Crippen molar-refractivity contribution in [3.05, 3.63) is 83.9 Å². The van der Waals surface area contributed by atoms with E-state index in [1.807, 2.05) is 19.1 Å². The van der Waals surface area contributed by atoms with Gasteiger partial charge in [-0.3, -0.25) is 4.55 Å². The first-order valence-electron chi connectivity index (χ1n) is 14.8. The van der Waals surface area contributed by atoms with Crippen LogP contribution in [-0.4, -0.2) is 37.0 Å². The summed E-state index contributed by atoms with van der Waals surface area (Å²) >= 11 is 0. The van der Waals surface area contributed by atoms with Crippen LogP contribution in [0.25, 0.3) is 0 Å². The summed E-state index contributed by atoms with van der Waals surface area (Å²) in [6, 6.07) is 23.3. The third-order valence-corrected chi connectivity index (χ3v) is 11.2. The molecule has 240 valence electrons. The molecule has 5 atom stereocenters. The highest BCUT2D eigenvalue weighted by molar-refractivity contribution is 7.97. The molecule has 1 aliphatic heterocycles. The quantitative estimate of drug-likeness (QED) is 0.195. The largest absolute Gasteiger partial charge is 0.483 e. The van der Waals surface area contributed by atoms with Gasteiger partial charge in [0, 0.05) is 5.56 Å². The Balaban J connectivity index is 1.67. The lowest BCUT2D eigenvalue weighted by Gasteiger charge is -2.36. The van der Waals surface area contributed by atoms with E-state index >= 15 is 0 Å². The van der Waals surface area contributed by atoms with E-state index in [1.165, 1.54) is 17.7 Å². The van der Waals surface area contributed by atoms with Crippen LogP contribution in [0.3, 0.4) is 0 Å². The highest BCUT2D eigenvalue weighted by Gasteiger charge is 2.51. The molecule has 0 radical (unpaired) electrons. The lowest BCUT2D eigenvalue weighted by molar-refractivity contribution is -0.266. The molecule has 0 saturated carbocycles. The van der Waals surface area contributed by atoms with E-state index in [9.17, 15) is 17.2 Å². The Morgan fingerprint density at radius 2 is 1.43 bits per heavy atom. The molecule has 1 heterocycles. The summed E-state index contributed by atoms with van der Waals surface area (Å²) in [5, 5.41) is -4.46. The van der Waals surface area contributed by atoms with Crippen molar-refractivity contribution in [2.75, 3.05) is 6.61 Å². The van der Waals surface area contributed by atoms with Gasteiger partial charge in [-0.25, -0.2) is 0 Å². The van der Waals surface area contributed by atoms with Crippen LogP contribution < -0.4 is 4.74 Å². The topological polar surface area (TPSA) is 82.1 Å². The van der Waals surface area contributed by atoms with Crippen molar-refractivity contribution >= 4 is 21.0 Å². The van der Waals surface area contributed by atoms with Gasteiger partial charge in [0.1, 0.15) is 5.75 Å². The van der Waals surface area contributed by atoms with Gasteiger partial charge in [-0.15, -0.1) is 0 Å². The van der Waals surface area contributed by atoms with Gasteiger partial charge in [-0.05, 0) is 111 Å². The van der Waals surface area contributed by atoms with Crippen molar-refractivity contribution < 1.29 is 36.0 Å². The van der Waals surface area contributed by atoms with Crippen molar-refractivity contribution in [2.24, 2.45) is 5.92 Å². The van der Waals surface area contributed by atoms with E-state index in [0.717, 1.165) is 40.0 Å². The Labute approximate surface area is 263 Å². The highest BCUT2D eigenvalue weighted by Crippen LogP contribution is 2.38. The number of halogens is 2. The molecule has 0 amide bonds. The fourth-order valence-electron chi connectivity index (χ4n) is 5.29. The molecule has 0 aliphatic carbocycles. The molecule has 0 spiro atoms. The molecule has 3 aromatic rings. The summed E-state index contributed by atoms with van der Waals surface area (Å²) in [5.74, 6) is -0.283. The summed E-state index contributed by atoms with van der Waals surface area (Å²) < 4.78 is 77.2. The molecule has 1 aliphatic rings. The fraction of sp³-hybridized carbons (Fsp3) is 0.471. The molecule has 4 rings (SSSR count). The van der Waals surface area contributed by atoms with E-state index < -0.39 is 38.2 Å². The van der Waals surface area contributed by atoms with E-state index in [0.29, 0.717) is 12.5 Å². The van der Waals surface area contributed by atoms with Gasteiger partial charge in [0.2, 0.25) is 0 Å². The third kappa shape index (κ3) is 7.83. The smallest absolute Gasteiger partial charge is 0.405 e. The molecular formula is C34H43F2O6S2+. The van der Waals surface area contributed by atoms with Crippen molar-refractivity contribution in [3.8, 4) is 5.75 Å². The summed E-state index contributed by atoms with van der Waals surface area (Å²) in [6.45, 7) is 14.2. The normalized spacial score (nSPS) is 23.3. The Kier molecular flexibility index (Phi) is 10.2. The Hall–Kier alpha value is -2.50. The van der Waals surface area contributed by atoms with Crippen LogP contribution >= 0.6 is 0 Å². The zero-order valence-electron chi connectivity index (χ0n) is 26.3. The first-order valence-corrected chi connectivity index (χ1v) is 17.5. The maximum atomic E-state index is 14.1. The minimum absolute atomic E-state index is 0.0133. The van der Waals surface area contributed by atoms with E-state index in [1.54, 1.807) is 12.1 Å². The predicted octanol–water partition coefficient (Wildman–Crippen LogP) is 8.35. The van der Waals surface area contributed by atoms with Gasteiger partial charge in [0.25, 0.3) is 0 Å². The van der Waals surface area contributed by atoms with Gasteiger partial charge >= 0.3 is 15.4 Å². The zero-order valence-corrected chi connectivity index (χ0v) is 28.0. The first kappa shape index (κ1) is 34.4. The highest BCUT2D eigenvalue weighted by atomic mass is 32.2. The minimum atomic E-state index is -5.63. The maximum Gasteiger partial charge on any atom is 0.405 e. The van der Waals surface area contributed by atoms with Gasteiger partial charge < -0.3 is 14.2 Å². The van der Waals surface area contributed by atoms with Gasteiger partial charge in [0.05, 0.1) is 23.6 Å². The second-order valence-corrected chi connectivity index (χ2v) is 16.2. The van der Waals surface area contributed by atoms with Crippen LogP contribution in [0.2, 0.25) is 0 Å². The zero-order chi connectivity index (χ0) is 32.5. The van der Waals surface area contributed by atoms with Crippen LogP contribution in [0.1, 0.15) is 72.4 Å². The number of benzene rings is 3. The molecule has 1 fully saturated rings. The van der Waals surface area contributed by atoms with Gasteiger partial charge in [0.15, 0.2) is 26.6 Å². The molecule has 44 heavy (non-hydrogen) atoms. The average Bonchev–Trinajstić information content (AvgIpc) is 2.92. The van der Waals surface area contributed by atoms with Crippen LogP contribution in [0, 0.1) is 5.92 Å². The summed E-state index contributed by atoms with van der Waals surface area (Å²) in [7, 11) is -6.20. The van der Waals surface area contributed by atoms with Crippen LogP contribution in [0.15, 0.2) is 87.5 Å². The molecule has 0 bridgehead atoms. The standard InChI is InChI=1S/C34H42F2O6S2/c1-23-20-21-40-33(7,42-24(2)22-23)27-10-16-30(17-11-27)43(29-14-8-26(9-15-29)32(4,5)6)31-18-12-28(13-19-31)41-25(3)34(35,36)44(37,38)39/h8-19,23-25H,20-22H2,1-7H3/p+1. The Bertz CT molecular complexity index is 1500. The van der Waals surface area contributed by atoms with Crippen molar-refractivity contribution in [1.29, 1.82) is 0 Å². The monoisotopic (exact) mass is 649 g/mol. The van der Waals surface area contributed by atoms with Crippen LogP contribution in [-0.2, 0) is 41.7 Å². The molecule has 1 N–H and O–H groups in total. The number of hydrogen-bond acceptors (Lipinski definition) is 5. The summed E-state index contributed by atoms with van der Waals surface area (Å²) in [5.41, 5.74) is 2.11. The van der Waals surface area contributed by atoms with E-state index in [-0.39, 0.29) is 17.3 Å². The predicted molar refractivity (Wildman–Crippen MR) is 169 cm³/mol. The fourth-order valence-corrected chi connectivity index (χ4v) is 7.80. The second kappa shape index (κ2) is 13.1. The molecule has 10 heteroatoms. The minimum Gasteiger partial charge on any atom is -0.483 e. The van der Waals surface area contributed by atoms with Crippen LogP contribution in [0.4, 0.5) is 8.78 Å². The molecule has 3 aromatic carbocycles. The Morgan fingerprint density at radius 3 is 1.93 bits per heavy atom. The molecular weight excluding hydrogens is 606 g/mol. The summed E-state index contributed by atoms with van der Waals surface area (Å²) in [6.07, 6.45) is -0.103. The third-order valence-electron chi connectivity index (χ3n) is 7.91. The molecule has 6 nitrogen and oxygen atoms in total. The van der Waals surface area contributed by atoms with E-state index in [2.05, 4.69) is 71.0 Å². The lowest BCUT2D eigenvalue weighted by Crippen LogP contribution is -2.42. The first-order chi connectivity index (χ1) is 20.4. The molecule has 0 aromatic heterocycles. The maximum absolute atomic E-state index is 14.1. The van der Waals surface area contributed by atoms with Crippen molar-refractivity contribution in [1.82, 2.24) is 0 Å². The van der Waals surface area contributed by atoms with Gasteiger partial charge in [-0.1, -0.05) is 39.8 Å². The van der Waals surface area contributed by atoms with Crippen LogP contribution in [0.5, 0.6) is 5.75 Å². The number of rotatable bonds is 8. The van der Waals surface area contributed by atoms with Crippen molar-refractivity contribution in [2.45, 2.75) is 105 Å². The number of hydrogen-bond donors (Lipinski definition) is 1. The van der Waals surface area contributed by atoms with E-state index in [4.69, 9.17) is 18.8 Å². The lowest BCUT2D eigenvalue weighted by atomic mass is 9.87. The molecule has 5 unspecified atom stereocenters.